The number of carbonyl (C=O) groups excluding carboxylic acids is 1. The monoisotopic (exact) mass is 268 g/mol. The Morgan fingerprint density at radius 2 is 2.00 bits per heavy atom. The van der Waals surface area contributed by atoms with Crippen molar-refractivity contribution in [2.75, 3.05) is 7.05 Å². The minimum absolute atomic E-state index is 0. The second-order valence-electron chi connectivity index (χ2n) is 4.90. The number of nitrogens with two attached hydrogens (primary N) is 1. The number of amides is 1. The Kier molecular flexibility index (Phi) is 5.17. The molecule has 0 aromatic heterocycles. The Hall–Kier alpha value is -1.06. The van der Waals surface area contributed by atoms with Gasteiger partial charge in [-0.2, -0.15) is 0 Å². The van der Waals surface area contributed by atoms with E-state index < -0.39 is 6.04 Å². The summed E-state index contributed by atoms with van der Waals surface area (Å²) in [5, 5.41) is 0. The molecule has 2 atom stereocenters. The molecular formula is C14H21ClN2O. The number of hydrogen-bond acceptors (Lipinski definition) is 2. The molecule has 1 aromatic carbocycles. The normalized spacial score (nSPS) is 19.4. The van der Waals surface area contributed by atoms with Crippen LogP contribution in [0.4, 0.5) is 0 Å². The van der Waals surface area contributed by atoms with Gasteiger partial charge in [0.15, 0.2) is 0 Å². The van der Waals surface area contributed by atoms with Crippen molar-refractivity contribution < 1.29 is 4.79 Å². The third-order valence-electron chi connectivity index (χ3n) is 3.61. The molecule has 0 bridgehead atoms. The van der Waals surface area contributed by atoms with E-state index in [1.165, 1.54) is 11.1 Å². The molecule has 1 amide bonds. The fraction of sp³-hybridized carbons (Fsp3) is 0.500. The summed E-state index contributed by atoms with van der Waals surface area (Å²) in [6.45, 7) is 1.75. The minimum atomic E-state index is -0.405. The molecule has 2 rings (SSSR count). The van der Waals surface area contributed by atoms with Crippen LogP contribution in [0.25, 0.3) is 0 Å². The third-order valence-corrected chi connectivity index (χ3v) is 3.61. The van der Waals surface area contributed by atoms with Gasteiger partial charge in [-0.1, -0.05) is 24.3 Å². The lowest BCUT2D eigenvalue weighted by molar-refractivity contribution is -0.133. The maximum Gasteiger partial charge on any atom is 0.239 e. The largest absolute Gasteiger partial charge is 0.341 e. The highest BCUT2D eigenvalue weighted by molar-refractivity contribution is 5.85. The molecule has 0 heterocycles. The van der Waals surface area contributed by atoms with Crippen LogP contribution in [0, 0.1) is 0 Å². The molecule has 18 heavy (non-hydrogen) atoms. The lowest BCUT2D eigenvalue weighted by Gasteiger charge is -2.33. The molecule has 0 saturated heterocycles. The van der Waals surface area contributed by atoms with Crippen molar-refractivity contribution in [2.45, 2.75) is 38.3 Å². The number of hydrogen-bond donors (Lipinski definition) is 1. The molecule has 1 aliphatic rings. The first-order valence-electron chi connectivity index (χ1n) is 6.18. The Bertz CT molecular complexity index is 420. The van der Waals surface area contributed by atoms with E-state index >= 15 is 0 Å². The zero-order valence-electron chi connectivity index (χ0n) is 10.9. The van der Waals surface area contributed by atoms with Gasteiger partial charge in [-0.15, -0.1) is 12.4 Å². The van der Waals surface area contributed by atoms with Crippen LogP contribution in [0.3, 0.4) is 0 Å². The number of benzene rings is 1. The summed E-state index contributed by atoms with van der Waals surface area (Å²) in [6.07, 6.45) is 3.04. The van der Waals surface area contributed by atoms with E-state index in [0.717, 1.165) is 19.3 Å². The van der Waals surface area contributed by atoms with E-state index in [2.05, 4.69) is 24.3 Å². The topological polar surface area (TPSA) is 46.3 Å². The van der Waals surface area contributed by atoms with Gasteiger partial charge in [0.1, 0.15) is 0 Å². The van der Waals surface area contributed by atoms with Crippen LogP contribution in [-0.4, -0.2) is 29.9 Å². The molecule has 1 unspecified atom stereocenters. The Morgan fingerprint density at radius 1 is 1.39 bits per heavy atom. The van der Waals surface area contributed by atoms with Crippen LogP contribution >= 0.6 is 12.4 Å². The highest BCUT2D eigenvalue weighted by atomic mass is 35.5. The number of fused-ring (bicyclic) bond motifs is 1. The van der Waals surface area contributed by atoms with Gasteiger partial charge in [-0.3, -0.25) is 4.79 Å². The zero-order chi connectivity index (χ0) is 12.4. The van der Waals surface area contributed by atoms with Gasteiger partial charge < -0.3 is 10.6 Å². The summed E-state index contributed by atoms with van der Waals surface area (Å²) in [6, 6.07) is 8.37. The molecule has 0 radical (unpaired) electrons. The van der Waals surface area contributed by atoms with Gasteiger partial charge in [-0.05, 0) is 37.3 Å². The molecule has 0 aliphatic heterocycles. The first-order valence-corrected chi connectivity index (χ1v) is 6.18. The number of rotatable bonds is 2. The van der Waals surface area contributed by atoms with Crippen molar-refractivity contribution in [3.63, 3.8) is 0 Å². The average Bonchev–Trinajstić information content (AvgIpc) is 2.36. The maximum absolute atomic E-state index is 11.9. The van der Waals surface area contributed by atoms with Crippen molar-refractivity contribution in [1.82, 2.24) is 4.90 Å². The lowest BCUT2D eigenvalue weighted by atomic mass is 9.87. The summed E-state index contributed by atoms with van der Waals surface area (Å²) in [5.41, 5.74) is 8.44. The van der Waals surface area contributed by atoms with E-state index in [0.29, 0.717) is 6.04 Å². The molecule has 1 aromatic rings. The van der Waals surface area contributed by atoms with Gasteiger partial charge in [-0.25, -0.2) is 0 Å². The molecule has 2 N–H and O–H groups in total. The number of carbonyl (C=O) groups is 1. The number of aryl methyl sites for hydroxylation is 1. The van der Waals surface area contributed by atoms with Crippen molar-refractivity contribution in [3.8, 4) is 0 Å². The van der Waals surface area contributed by atoms with E-state index in [1.807, 2.05) is 11.9 Å². The summed E-state index contributed by atoms with van der Waals surface area (Å²) >= 11 is 0. The van der Waals surface area contributed by atoms with Crippen LogP contribution in [0.15, 0.2) is 24.3 Å². The highest BCUT2D eigenvalue weighted by Crippen LogP contribution is 2.23. The van der Waals surface area contributed by atoms with E-state index in [9.17, 15) is 4.79 Å². The lowest BCUT2D eigenvalue weighted by Crippen LogP contribution is -2.47. The van der Waals surface area contributed by atoms with Gasteiger partial charge >= 0.3 is 0 Å². The van der Waals surface area contributed by atoms with Crippen molar-refractivity contribution in [3.05, 3.63) is 35.4 Å². The Morgan fingerprint density at radius 3 is 2.61 bits per heavy atom. The second kappa shape index (κ2) is 6.21. The van der Waals surface area contributed by atoms with Crippen LogP contribution in [0.2, 0.25) is 0 Å². The fourth-order valence-corrected chi connectivity index (χ4v) is 2.51. The third kappa shape index (κ3) is 3.03. The predicted octanol–water partition coefficient (Wildman–Crippen LogP) is 1.77. The smallest absolute Gasteiger partial charge is 0.239 e. The van der Waals surface area contributed by atoms with Crippen molar-refractivity contribution in [1.29, 1.82) is 0 Å². The summed E-state index contributed by atoms with van der Waals surface area (Å²) in [7, 11) is 1.87. The Labute approximate surface area is 115 Å². The summed E-state index contributed by atoms with van der Waals surface area (Å²) in [4.78, 5) is 13.7. The molecule has 4 heteroatoms. The first kappa shape index (κ1) is 15.0. The Balaban J connectivity index is 0.00000162. The zero-order valence-corrected chi connectivity index (χ0v) is 11.7. The van der Waals surface area contributed by atoms with Gasteiger partial charge in [0.25, 0.3) is 0 Å². The van der Waals surface area contributed by atoms with E-state index in [1.54, 1.807) is 6.92 Å². The second-order valence-corrected chi connectivity index (χ2v) is 4.90. The van der Waals surface area contributed by atoms with Crippen LogP contribution in [-0.2, 0) is 17.6 Å². The van der Waals surface area contributed by atoms with Crippen LogP contribution in [0.1, 0.15) is 24.5 Å². The fourth-order valence-electron chi connectivity index (χ4n) is 2.51. The molecular weight excluding hydrogens is 248 g/mol. The van der Waals surface area contributed by atoms with Crippen molar-refractivity contribution >= 4 is 18.3 Å². The quantitative estimate of drug-likeness (QED) is 0.889. The molecule has 100 valence electrons. The molecule has 3 nitrogen and oxygen atoms in total. The molecule has 0 saturated carbocycles. The number of likely N-dealkylation sites (N-methyl/N-ethyl adjacent to an activating group) is 1. The van der Waals surface area contributed by atoms with Gasteiger partial charge in [0, 0.05) is 13.1 Å². The van der Waals surface area contributed by atoms with E-state index in [4.69, 9.17) is 5.73 Å². The maximum atomic E-state index is 11.9. The molecule has 0 spiro atoms. The summed E-state index contributed by atoms with van der Waals surface area (Å²) < 4.78 is 0. The average molecular weight is 269 g/mol. The van der Waals surface area contributed by atoms with Gasteiger partial charge in [0.05, 0.1) is 6.04 Å². The van der Waals surface area contributed by atoms with Gasteiger partial charge in [0.2, 0.25) is 5.91 Å². The SMILES string of the molecule is C[C@@H](N)C(=O)N(C)C1CCc2ccccc2C1.Cl. The minimum Gasteiger partial charge on any atom is -0.341 e. The van der Waals surface area contributed by atoms with Crippen molar-refractivity contribution in [2.24, 2.45) is 5.73 Å². The predicted molar refractivity (Wildman–Crippen MR) is 75.9 cm³/mol. The first-order chi connectivity index (χ1) is 8.09. The standard InChI is InChI=1S/C14H20N2O.ClH/c1-10(15)14(17)16(2)13-8-7-11-5-3-4-6-12(11)9-13;/h3-6,10,13H,7-9,15H2,1-2H3;1H/t10-,13?;/m1./s1. The molecule has 0 fully saturated rings. The highest BCUT2D eigenvalue weighted by Gasteiger charge is 2.26. The number of halogens is 1. The van der Waals surface area contributed by atoms with Crippen LogP contribution < -0.4 is 5.73 Å². The summed E-state index contributed by atoms with van der Waals surface area (Å²) in [5.74, 6) is 0.0365. The van der Waals surface area contributed by atoms with Crippen LogP contribution in [0.5, 0.6) is 0 Å². The van der Waals surface area contributed by atoms with E-state index in [-0.39, 0.29) is 18.3 Å². The number of nitrogens with zero attached hydrogens (tertiary/aromatic N) is 1. The molecule has 1 aliphatic carbocycles.